The van der Waals surface area contributed by atoms with Crippen LogP contribution in [-0.4, -0.2) is 4.98 Å². The lowest BCUT2D eigenvalue weighted by Gasteiger charge is -2.07. The summed E-state index contributed by atoms with van der Waals surface area (Å²) in [6, 6.07) is 12.8. The van der Waals surface area contributed by atoms with Gasteiger partial charge in [0, 0.05) is 15.1 Å². The molecule has 0 saturated carbocycles. The van der Waals surface area contributed by atoms with Crippen molar-refractivity contribution in [3.05, 3.63) is 63.4 Å². The summed E-state index contributed by atoms with van der Waals surface area (Å²) in [5.74, 6) is 0.00786. The molecule has 2 aromatic carbocycles. The molecule has 20 heavy (non-hydrogen) atoms. The summed E-state index contributed by atoms with van der Waals surface area (Å²) in [4.78, 5) is 3.92. The highest BCUT2D eigenvalue weighted by Crippen LogP contribution is 2.28. The van der Waals surface area contributed by atoms with E-state index in [1.54, 1.807) is 6.07 Å². The lowest BCUT2D eigenvalue weighted by Crippen LogP contribution is -1.91. The minimum atomic E-state index is -0.504. The summed E-state index contributed by atoms with van der Waals surface area (Å²) in [6.07, 6.45) is 1.50. The number of nitrogens with zero attached hydrogens (tertiary/aromatic N) is 1. The summed E-state index contributed by atoms with van der Waals surface area (Å²) >= 11 is 6.58. The molecule has 0 radical (unpaired) electrons. The maximum absolute atomic E-state index is 13.7. The van der Waals surface area contributed by atoms with Gasteiger partial charge in [0.1, 0.15) is 5.75 Å². The SMILES string of the molecule is Fc1cc(Br)cnc1Oc1ccc2cc(Br)ccc2c1. The number of benzene rings is 2. The van der Waals surface area contributed by atoms with Crippen LogP contribution < -0.4 is 4.74 Å². The molecule has 0 fully saturated rings. The first-order valence-corrected chi connectivity index (χ1v) is 7.39. The Morgan fingerprint density at radius 3 is 2.45 bits per heavy atom. The van der Waals surface area contributed by atoms with Crippen molar-refractivity contribution in [2.75, 3.05) is 0 Å². The van der Waals surface area contributed by atoms with E-state index in [2.05, 4.69) is 36.8 Å². The van der Waals surface area contributed by atoms with E-state index in [-0.39, 0.29) is 5.88 Å². The maximum atomic E-state index is 13.7. The Morgan fingerprint density at radius 1 is 0.900 bits per heavy atom. The molecule has 3 aromatic rings. The van der Waals surface area contributed by atoms with E-state index in [9.17, 15) is 4.39 Å². The second-order valence-corrected chi connectivity index (χ2v) is 6.03. The highest BCUT2D eigenvalue weighted by Gasteiger charge is 2.07. The number of fused-ring (bicyclic) bond motifs is 1. The van der Waals surface area contributed by atoms with E-state index < -0.39 is 5.82 Å². The van der Waals surface area contributed by atoms with Gasteiger partial charge in [-0.1, -0.05) is 28.1 Å². The van der Waals surface area contributed by atoms with Gasteiger partial charge in [-0.3, -0.25) is 0 Å². The van der Waals surface area contributed by atoms with E-state index in [0.29, 0.717) is 10.2 Å². The first-order valence-electron chi connectivity index (χ1n) is 5.80. The van der Waals surface area contributed by atoms with Crippen LogP contribution in [0.2, 0.25) is 0 Å². The van der Waals surface area contributed by atoms with Crippen LogP contribution in [-0.2, 0) is 0 Å². The van der Waals surface area contributed by atoms with Gasteiger partial charge in [-0.05, 0) is 57.0 Å². The van der Waals surface area contributed by atoms with Crippen molar-refractivity contribution in [1.82, 2.24) is 4.98 Å². The van der Waals surface area contributed by atoms with Crippen LogP contribution in [0, 0.1) is 5.82 Å². The second-order valence-electron chi connectivity index (χ2n) is 4.20. The fourth-order valence-electron chi connectivity index (χ4n) is 1.85. The average Bonchev–Trinajstić information content (AvgIpc) is 2.42. The fourth-order valence-corrected chi connectivity index (χ4v) is 2.53. The third-order valence-electron chi connectivity index (χ3n) is 2.76. The van der Waals surface area contributed by atoms with Crippen LogP contribution in [0.15, 0.2) is 57.6 Å². The Kier molecular flexibility index (Phi) is 3.72. The van der Waals surface area contributed by atoms with Crippen molar-refractivity contribution in [3.8, 4) is 11.6 Å². The smallest absolute Gasteiger partial charge is 0.255 e. The van der Waals surface area contributed by atoms with Gasteiger partial charge >= 0.3 is 0 Å². The topological polar surface area (TPSA) is 22.1 Å². The highest BCUT2D eigenvalue weighted by molar-refractivity contribution is 9.10. The molecule has 100 valence electrons. The predicted molar refractivity (Wildman–Crippen MR) is 83.6 cm³/mol. The molecule has 0 bridgehead atoms. The Balaban J connectivity index is 1.96. The molecule has 0 N–H and O–H groups in total. The highest BCUT2D eigenvalue weighted by atomic mass is 79.9. The summed E-state index contributed by atoms with van der Waals surface area (Å²) < 4.78 is 20.8. The molecule has 5 heteroatoms. The van der Waals surface area contributed by atoms with Crippen molar-refractivity contribution in [1.29, 1.82) is 0 Å². The summed E-state index contributed by atoms with van der Waals surface area (Å²) in [5.41, 5.74) is 0. The van der Waals surface area contributed by atoms with Crippen molar-refractivity contribution >= 4 is 42.6 Å². The van der Waals surface area contributed by atoms with E-state index in [4.69, 9.17) is 4.74 Å². The first-order chi connectivity index (χ1) is 9.61. The van der Waals surface area contributed by atoms with Crippen LogP contribution >= 0.6 is 31.9 Å². The van der Waals surface area contributed by atoms with Crippen LogP contribution in [0.25, 0.3) is 10.8 Å². The number of halogens is 3. The molecular weight excluding hydrogens is 389 g/mol. The Labute approximate surface area is 131 Å². The molecule has 3 rings (SSSR count). The Hall–Kier alpha value is -1.46. The molecule has 1 aromatic heterocycles. The minimum Gasteiger partial charge on any atom is -0.436 e. The lowest BCUT2D eigenvalue weighted by molar-refractivity contribution is 0.423. The largest absolute Gasteiger partial charge is 0.436 e. The number of rotatable bonds is 2. The zero-order valence-corrected chi connectivity index (χ0v) is 13.3. The normalized spacial score (nSPS) is 10.8. The second kappa shape index (κ2) is 5.50. The summed E-state index contributed by atoms with van der Waals surface area (Å²) in [6.45, 7) is 0. The van der Waals surface area contributed by atoms with Gasteiger partial charge in [0.15, 0.2) is 5.82 Å². The van der Waals surface area contributed by atoms with Crippen LogP contribution in [0.4, 0.5) is 4.39 Å². The van der Waals surface area contributed by atoms with E-state index >= 15 is 0 Å². The van der Waals surface area contributed by atoms with Gasteiger partial charge in [0.2, 0.25) is 0 Å². The average molecular weight is 397 g/mol. The van der Waals surface area contributed by atoms with Gasteiger partial charge in [-0.15, -0.1) is 0 Å². The standard InChI is InChI=1S/C15H8Br2FNO/c16-11-3-1-10-6-13(4-2-9(10)5-11)20-15-14(18)7-12(17)8-19-15/h1-8H. The zero-order chi connectivity index (χ0) is 14.1. The molecule has 2 nitrogen and oxygen atoms in total. The van der Waals surface area contributed by atoms with Crippen molar-refractivity contribution in [2.24, 2.45) is 0 Å². The fraction of sp³-hybridized carbons (Fsp3) is 0. The van der Waals surface area contributed by atoms with Gasteiger partial charge in [0.05, 0.1) is 0 Å². The van der Waals surface area contributed by atoms with E-state index in [1.807, 2.05) is 30.3 Å². The summed E-state index contributed by atoms with van der Waals surface area (Å²) in [5, 5.41) is 2.10. The maximum Gasteiger partial charge on any atom is 0.255 e. The van der Waals surface area contributed by atoms with Crippen LogP contribution in [0.5, 0.6) is 11.6 Å². The van der Waals surface area contributed by atoms with Crippen LogP contribution in [0.3, 0.4) is 0 Å². The molecule has 0 saturated heterocycles. The van der Waals surface area contributed by atoms with Crippen molar-refractivity contribution in [2.45, 2.75) is 0 Å². The third kappa shape index (κ3) is 2.83. The van der Waals surface area contributed by atoms with Gasteiger partial charge in [0.25, 0.3) is 5.88 Å². The predicted octanol–water partition coefficient (Wildman–Crippen LogP) is 5.69. The molecule has 1 heterocycles. The third-order valence-corrected chi connectivity index (χ3v) is 3.69. The van der Waals surface area contributed by atoms with Crippen LogP contribution in [0.1, 0.15) is 0 Å². The Bertz CT molecular complexity index is 792. The molecule has 0 spiro atoms. The molecule has 0 aliphatic carbocycles. The number of aromatic nitrogens is 1. The van der Waals surface area contributed by atoms with Gasteiger partial charge in [-0.25, -0.2) is 9.37 Å². The molecule has 0 atom stereocenters. The number of hydrogen-bond acceptors (Lipinski definition) is 2. The molecule has 0 aliphatic rings. The number of hydrogen-bond donors (Lipinski definition) is 0. The van der Waals surface area contributed by atoms with Gasteiger partial charge < -0.3 is 4.74 Å². The summed E-state index contributed by atoms with van der Waals surface area (Å²) in [7, 11) is 0. The quantitative estimate of drug-likeness (QED) is 0.555. The number of ether oxygens (including phenoxy) is 1. The monoisotopic (exact) mass is 395 g/mol. The Morgan fingerprint density at radius 2 is 1.65 bits per heavy atom. The lowest BCUT2D eigenvalue weighted by atomic mass is 10.1. The molecule has 0 unspecified atom stereocenters. The minimum absolute atomic E-state index is 0.0374. The number of pyridine rings is 1. The molecular formula is C15H8Br2FNO. The first kappa shape index (κ1) is 13.5. The van der Waals surface area contributed by atoms with Crippen molar-refractivity contribution < 1.29 is 9.13 Å². The molecule has 0 aliphatic heterocycles. The molecule has 0 amide bonds. The van der Waals surface area contributed by atoms with Crippen molar-refractivity contribution in [3.63, 3.8) is 0 Å². The van der Waals surface area contributed by atoms with E-state index in [1.165, 1.54) is 12.3 Å². The van der Waals surface area contributed by atoms with E-state index in [0.717, 1.165) is 15.2 Å². The van der Waals surface area contributed by atoms with Gasteiger partial charge in [-0.2, -0.15) is 0 Å². The zero-order valence-electron chi connectivity index (χ0n) is 10.1.